The molecule has 0 aromatic rings. The molecule has 0 aliphatic heterocycles. The molecule has 1 fully saturated rings. The van der Waals surface area contributed by atoms with Crippen LogP contribution in [-0.4, -0.2) is 37.1 Å². The number of sulfonamides is 1. The van der Waals surface area contributed by atoms with Gasteiger partial charge in [0, 0.05) is 18.6 Å². The first-order chi connectivity index (χ1) is 8.45. The average Bonchev–Trinajstić information content (AvgIpc) is 2.40. The van der Waals surface area contributed by atoms with E-state index in [0.717, 1.165) is 31.6 Å². The summed E-state index contributed by atoms with van der Waals surface area (Å²) in [6, 6.07) is 0. The van der Waals surface area contributed by atoms with Gasteiger partial charge in [-0.1, -0.05) is 20.3 Å². The van der Waals surface area contributed by atoms with Crippen molar-refractivity contribution in [3.63, 3.8) is 0 Å². The molecule has 0 heterocycles. The molecule has 1 rings (SSSR count). The highest BCUT2D eigenvalue weighted by atomic mass is 32.2. The van der Waals surface area contributed by atoms with Crippen molar-refractivity contribution in [2.75, 3.05) is 18.8 Å². The average molecular weight is 276 g/mol. The van der Waals surface area contributed by atoms with Crippen molar-refractivity contribution in [1.29, 1.82) is 0 Å². The molecule has 0 spiro atoms. The summed E-state index contributed by atoms with van der Waals surface area (Å²) in [5.41, 5.74) is 5.62. The maximum atomic E-state index is 12.2. The Balaban J connectivity index is 2.94. The fraction of sp³-hybridized carbons (Fsp3) is 1.00. The lowest BCUT2D eigenvalue weighted by Gasteiger charge is -2.46. The predicted molar refractivity (Wildman–Crippen MR) is 75.9 cm³/mol. The molecule has 1 aliphatic carbocycles. The van der Waals surface area contributed by atoms with Crippen LogP contribution < -0.4 is 5.73 Å². The van der Waals surface area contributed by atoms with Crippen LogP contribution in [0.25, 0.3) is 0 Å². The number of nitrogens with zero attached hydrogens (tertiary/aromatic N) is 1. The third-order valence-electron chi connectivity index (χ3n) is 4.51. The van der Waals surface area contributed by atoms with E-state index in [-0.39, 0.29) is 11.3 Å². The van der Waals surface area contributed by atoms with Crippen molar-refractivity contribution in [3.05, 3.63) is 0 Å². The molecule has 2 N–H and O–H groups in total. The lowest BCUT2D eigenvalue weighted by Crippen LogP contribution is -2.58. The number of rotatable bonds is 6. The normalized spacial score (nSPS) is 29.7. The van der Waals surface area contributed by atoms with Crippen LogP contribution in [0.2, 0.25) is 0 Å². The minimum atomic E-state index is -3.15. The zero-order valence-electron chi connectivity index (χ0n) is 12.0. The van der Waals surface area contributed by atoms with Gasteiger partial charge in [0.25, 0.3) is 0 Å². The van der Waals surface area contributed by atoms with E-state index in [1.165, 1.54) is 6.42 Å². The SMILES string of the molecule is CCC1CCC(CN)(N(CC)S(=O)(=O)CC)CC1. The second kappa shape index (κ2) is 6.35. The summed E-state index contributed by atoms with van der Waals surface area (Å²) >= 11 is 0. The van der Waals surface area contributed by atoms with Crippen LogP contribution in [0, 0.1) is 5.92 Å². The van der Waals surface area contributed by atoms with Gasteiger partial charge in [0.2, 0.25) is 10.0 Å². The quantitative estimate of drug-likeness (QED) is 0.806. The number of hydrogen-bond acceptors (Lipinski definition) is 3. The first kappa shape index (κ1) is 15.9. The topological polar surface area (TPSA) is 63.4 Å². The van der Waals surface area contributed by atoms with Crippen molar-refractivity contribution < 1.29 is 8.42 Å². The molecule has 0 aromatic heterocycles. The molecule has 0 saturated heterocycles. The highest BCUT2D eigenvalue weighted by Crippen LogP contribution is 2.38. The number of hydrogen-bond donors (Lipinski definition) is 1. The van der Waals surface area contributed by atoms with Crippen molar-refractivity contribution >= 4 is 10.0 Å². The monoisotopic (exact) mass is 276 g/mol. The molecule has 0 radical (unpaired) electrons. The van der Waals surface area contributed by atoms with E-state index < -0.39 is 10.0 Å². The van der Waals surface area contributed by atoms with Crippen molar-refractivity contribution in [2.24, 2.45) is 11.7 Å². The van der Waals surface area contributed by atoms with Crippen molar-refractivity contribution in [3.8, 4) is 0 Å². The van der Waals surface area contributed by atoms with Crippen LogP contribution in [0.5, 0.6) is 0 Å². The molecule has 18 heavy (non-hydrogen) atoms. The predicted octanol–water partition coefficient (Wildman–Crippen LogP) is 1.96. The van der Waals surface area contributed by atoms with Crippen LogP contribution in [-0.2, 0) is 10.0 Å². The second-order valence-electron chi connectivity index (χ2n) is 5.35. The van der Waals surface area contributed by atoms with E-state index in [9.17, 15) is 8.42 Å². The first-order valence-corrected chi connectivity index (χ1v) is 8.77. The van der Waals surface area contributed by atoms with Gasteiger partial charge in [0.15, 0.2) is 0 Å². The van der Waals surface area contributed by atoms with Crippen molar-refractivity contribution in [1.82, 2.24) is 4.31 Å². The van der Waals surface area contributed by atoms with Crippen LogP contribution in [0.3, 0.4) is 0 Å². The van der Waals surface area contributed by atoms with Crippen LogP contribution in [0.4, 0.5) is 0 Å². The van der Waals surface area contributed by atoms with Crippen LogP contribution >= 0.6 is 0 Å². The van der Waals surface area contributed by atoms with E-state index in [2.05, 4.69) is 6.92 Å². The third-order valence-corrected chi connectivity index (χ3v) is 6.56. The molecule has 5 heteroatoms. The van der Waals surface area contributed by atoms with Gasteiger partial charge in [0.1, 0.15) is 0 Å². The van der Waals surface area contributed by atoms with E-state index in [0.29, 0.717) is 13.1 Å². The van der Waals surface area contributed by atoms with Gasteiger partial charge in [0.05, 0.1) is 5.75 Å². The van der Waals surface area contributed by atoms with E-state index in [4.69, 9.17) is 5.73 Å². The Hall–Kier alpha value is -0.130. The van der Waals surface area contributed by atoms with Crippen molar-refractivity contribution in [2.45, 2.75) is 58.4 Å². The lowest BCUT2D eigenvalue weighted by molar-refractivity contribution is 0.114. The minimum Gasteiger partial charge on any atom is -0.329 e. The van der Waals surface area contributed by atoms with E-state index in [1.54, 1.807) is 11.2 Å². The number of likely N-dealkylation sites (N-methyl/N-ethyl adjacent to an activating group) is 1. The summed E-state index contributed by atoms with van der Waals surface area (Å²) in [5.74, 6) is 0.910. The van der Waals surface area contributed by atoms with E-state index in [1.807, 2.05) is 6.92 Å². The Morgan fingerprint density at radius 2 is 1.78 bits per heavy atom. The number of nitrogens with two attached hydrogens (primary N) is 1. The lowest BCUT2D eigenvalue weighted by atomic mass is 9.75. The molecule has 0 amide bonds. The van der Waals surface area contributed by atoms with Crippen LogP contribution in [0.1, 0.15) is 52.9 Å². The zero-order chi connectivity index (χ0) is 13.8. The maximum absolute atomic E-state index is 12.2. The molecule has 0 bridgehead atoms. The summed E-state index contributed by atoms with van der Waals surface area (Å²) in [6.07, 6.45) is 5.21. The molecule has 4 nitrogen and oxygen atoms in total. The fourth-order valence-electron chi connectivity index (χ4n) is 3.16. The smallest absolute Gasteiger partial charge is 0.214 e. The highest BCUT2D eigenvalue weighted by molar-refractivity contribution is 7.89. The first-order valence-electron chi connectivity index (χ1n) is 7.16. The van der Waals surface area contributed by atoms with Gasteiger partial charge >= 0.3 is 0 Å². The Morgan fingerprint density at radius 1 is 1.22 bits per heavy atom. The Bertz CT molecular complexity index is 346. The van der Waals surface area contributed by atoms with Gasteiger partial charge in [-0.3, -0.25) is 0 Å². The third kappa shape index (κ3) is 3.06. The summed E-state index contributed by atoms with van der Waals surface area (Å²) in [6.45, 7) is 6.80. The summed E-state index contributed by atoms with van der Waals surface area (Å²) in [7, 11) is -3.15. The van der Waals surface area contributed by atoms with Gasteiger partial charge in [-0.25, -0.2) is 8.42 Å². The molecule has 1 aliphatic rings. The molecule has 0 aromatic carbocycles. The van der Waals surface area contributed by atoms with Gasteiger partial charge in [-0.2, -0.15) is 4.31 Å². The highest BCUT2D eigenvalue weighted by Gasteiger charge is 2.43. The Kier molecular flexibility index (Phi) is 5.62. The molecular weight excluding hydrogens is 248 g/mol. The van der Waals surface area contributed by atoms with Gasteiger partial charge < -0.3 is 5.73 Å². The summed E-state index contributed by atoms with van der Waals surface area (Å²) < 4.78 is 26.1. The standard InChI is InChI=1S/C13H28N2O2S/c1-4-12-7-9-13(11-14,10-8-12)15(5-2)18(16,17)6-3/h12H,4-11,14H2,1-3H3. The van der Waals surface area contributed by atoms with Gasteiger partial charge in [-0.05, 0) is 38.5 Å². The fourth-order valence-corrected chi connectivity index (χ4v) is 4.71. The Labute approximate surface area is 112 Å². The zero-order valence-corrected chi connectivity index (χ0v) is 12.8. The van der Waals surface area contributed by atoms with Crippen LogP contribution in [0.15, 0.2) is 0 Å². The molecule has 0 atom stereocenters. The Morgan fingerprint density at radius 3 is 2.11 bits per heavy atom. The van der Waals surface area contributed by atoms with Gasteiger partial charge in [-0.15, -0.1) is 0 Å². The van der Waals surface area contributed by atoms with E-state index >= 15 is 0 Å². The molecule has 108 valence electrons. The molecule has 0 unspecified atom stereocenters. The maximum Gasteiger partial charge on any atom is 0.214 e. The molecular formula is C13H28N2O2S. The largest absolute Gasteiger partial charge is 0.329 e. The summed E-state index contributed by atoms with van der Waals surface area (Å²) in [5, 5.41) is 0. The minimum absolute atomic E-state index is 0.166. The summed E-state index contributed by atoms with van der Waals surface area (Å²) in [4.78, 5) is 0. The molecule has 1 saturated carbocycles. The second-order valence-corrected chi connectivity index (χ2v) is 7.53.